The molecule has 2 heteroatoms. The summed E-state index contributed by atoms with van der Waals surface area (Å²) in [7, 11) is 0. The van der Waals surface area contributed by atoms with Crippen LogP contribution in [-0.4, -0.2) is 0 Å². The zero-order valence-electron chi connectivity index (χ0n) is 12.1. The molecule has 0 saturated carbocycles. The minimum Gasteiger partial charge on any atom is -0.466 e. The van der Waals surface area contributed by atoms with Crippen LogP contribution in [0.25, 0.3) is 0 Å². The van der Waals surface area contributed by atoms with Crippen LogP contribution in [0.3, 0.4) is 0 Å². The summed E-state index contributed by atoms with van der Waals surface area (Å²) < 4.78 is 5.65. The van der Waals surface area contributed by atoms with Crippen molar-refractivity contribution in [1.82, 2.24) is 0 Å². The fourth-order valence-electron chi connectivity index (χ4n) is 2.67. The van der Waals surface area contributed by atoms with Gasteiger partial charge in [-0.2, -0.15) is 0 Å². The summed E-state index contributed by atoms with van der Waals surface area (Å²) in [6.45, 7) is 6.10. The van der Waals surface area contributed by atoms with Crippen LogP contribution in [0.4, 0.5) is 0 Å². The Labute approximate surface area is 115 Å². The van der Waals surface area contributed by atoms with Gasteiger partial charge in [0.05, 0.1) is 0 Å². The molecule has 19 heavy (non-hydrogen) atoms. The van der Waals surface area contributed by atoms with Crippen molar-refractivity contribution in [3.8, 4) is 0 Å². The first-order valence-corrected chi connectivity index (χ1v) is 6.95. The molecule has 2 N–H and O–H groups in total. The van der Waals surface area contributed by atoms with Crippen molar-refractivity contribution in [2.45, 2.75) is 46.1 Å². The van der Waals surface area contributed by atoms with Gasteiger partial charge in [-0.25, -0.2) is 0 Å². The van der Waals surface area contributed by atoms with Crippen LogP contribution >= 0.6 is 0 Å². The van der Waals surface area contributed by atoms with Gasteiger partial charge in [0.2, 0.25) is 0 Å². The fraction of sp³-hybridized carbons (Fsp3) is 0.412. The van der Waals surface area contributed by atoms with Crippen molar-refractivity contribution in [2.24, 2.45) is 5.73 Å². The number of nitrogens with two attached hydrogens (primary N) is 1. The van der Waals surface area contributed by atoms with Gasteiger partial charge in [0.15, 0.2) is 0 Å². The van der Waals surface area contributed by atoms with Crippen LogP contribution < -0.4 is 5.73 Å². The largest absolute Gasteiger partial charge is 0.466 e. The molecule has 0 aliphatic rings. The summed E-state index contributed by atoms with van der Waals surface area (Å²) in [5.74, 6) is 1.97. The molecule has 2 nitrogen and oxygen atoms in total. The van der Waals surface area contributed by atoms with Crippen molar-refractivity contribution >= 4 is 0 Å². The third-order valence-corrected chi connectivity index (χ3v) is 3.81. The van der Waals surface area contributed by atoms with Gasteiger partial charge < -0.3 is 10.2 Å². The van der Waals surface area contributed by atoms with Gasteiger partial charge in [-0.3, -0.25) is 0 Å². The average molecular weight is 257 g/mol. The second-order valence-electron chi connectivity index (χ2n) is 5.24. The van der Waals surface area contributed by atoms with E-state index in [1.807, 2.05) is 13.8 Å². The van der Waals surface area contributed by atoms with E-state index in [4.69, 9.17) is 10.2 Å². The zero-order chi connectivity index (χ0) is 13.8. The Kier molecular flexibility index (Phi) is 4.43. The number of hydrogen-bond donors (Lipinski definition) is 1. The molecule has 0 saturated heterocycles. The van der Waals surface area contributed by atoms with Crippen molar-refractivity contribution < 1.29 is 4.42 Å². The van der Waals surface area contributed by atoms with Crippen molar-refractivity contribution in [2.75, 3.05) is 0 Å². The maximum absolute atomic E-state index is 6.31. The Morgan fingerprint density at radius 3 is 2.32 bits per heavy atom. The Morgan fingerprint density at radius 2 is 1.74 bits per heavy atom. The highest BCUT2D eigenvalue weighted by Crippen LogP contribution is 2.28. The van der Waals surface area contributed by atoms with Crippen LogP contribution in [0.2, 0.25) is 0 Å². The standard InChI is InChI=1S/C17H23NO/c1-12-13(2)19-14(3)17(12)16(18)11-7-10-15-8-5-4-6-9-15/h4-6,8-9,16H,7,10-11,18H2,1-3H3. The third kappa shape index (κ3) is 3.27. The number of hydrogen-bond acceptors (Lipinski definition) is 2. The summed E-state index contributed by atoms with van der Waals surface area (Å²) in [6, 6.07) is 10.7. The second-order valence-corrected chi connectivity index (χ2v) is 5.24. The summed E-state index contributed by atoms with van der Waals surface area (Å²) in [6.07, 6.45) is 3.19. The van der Waals surface area contributed by atoms with Gasteiger partial charge >= 0.3 is 0 Å². The highest BCUT2D eigenvalue weighted by Gasteiger charge is 2.17. The molecular formula is C17H23NO. The van der Waals surface area contributed by atoms with E-state index in [0.29, 0.717) is 0 Å². The normalized spacial score (nSPS) is 12.6. The number of furan rings is 1. The fourth-order valence-corrected chi connectivity index (χ4v) is 2.67. The van der Waals surface area contributed by atoms with E-state index in [9.17, 15) is 0 Å². The first-order chi connectivity index (χ1) is 9.09. The quantitative estimate of drug-likeness (QED) is 0.870. The van der Waals surface area contributed by atoms with E-state index < -0.39 is 0 Å². The number of rotatable bonds is 5. The Balaban J connectivity index is 1.93. The van der Waals surface area contributed by atoms with Crippen molar-refractivity contribution in [3.63, 3.8) is 0 Å². The molecule has 0 fully saturated rings. The molecule has 0 aliphatic heterocycles. The first kappa shape index (κ1) is 13.9. The monoisotopic (exact) mass is 257 g/mol. The van der Waals surface area contributed by atoms with Gasteiger partial charge in [0, 0.05) is 11.6 Å². The molecule has 0 spiro atoms. The van der Waals surface area contributed by atoms with Gasteiger partial charge in [0.25, 0.3) is 0 Å². The lowest BCUT2D eigenvalue weighted by Gasteiger charge is -2.12. The molecule has 0 bridgehead atoms. The summed E-state index contributed by atoms with van der Waals surface area (Å²) in [5, 5.41) is 0. The lowest BCUT2D eigenvalue weighted by molar-refractivity contribution is 0.493. The molecule has 2 rings (SSSR count). The van der Waals surface area contributed by atoms with Crippen LogP contribution in [0, 0.1) is 20.8 Å². The molecule has 0 amide bonds. The third-order valence-electron chi connectivity index (χ3n) is 3.81. The Bertz CT molecular complexity index is 528. The lowest BCUT2D eigenvalue weighted by Crippen LogP contribution is -2.12. The molecule has 2 aromatic rings. The van der Waals surface area contributed by atoms with Gasteiger partial charge in [0.1, 0.15) is 11.5 Å². The molecular weight excluding hydrogens is 234 g/mol. The topological polar surface area (TPSA) is 39.2 Å². The number of aryl methyl sites for hydroxylation is 3. The predicted octanol–water partition coefficient (Wildman–Crippen LogP) is 4.23. The molecule has 102 valence electrons. The average Bonchev–Trinajstić information content (AvgIpc) is 2.64. The highest BCUT2D eigenvalue weighted by molar-refractivity contribution is 5.34. The highest BCUT2D eigenvalue weighted by atomic mass is 16.3. The first-order valence-electron chi connectivity index (χ1n) is 6.95. The van der Waals surface area contributed by atoms with Crippen LogP contribution in [0.15, 0.2) is 34.7 Å². The lowest BCUT2D eigenvalue weighted by atomic mass is 9.97. The maximum atomic E-state index is 6.31. The molecule has 1 aromatic heterocycles. The Hall–Kier alpha value is -1.54. The van der Waals surface area contributed by atoms with E-state index in [1.54, 1.807) is 0 Å². The SMILES string of the molecule is Cc1oc(C)c(C(N)CCCc2ccccc2)c1C. The molecule has 1 unspecified atom stereocenters. The summed E-state index contributed by atoms with van der Waals surface area (Å²) >= 11 is 0. The molecule has 1 heterocycles. The van der Waals surface area contributed by atoms with Crippen molar-refractivity contribution in [1.29, 1.82) is 0 Å². The molecule has 0 radical (unpaired) electrons. The molecule has 0 aliphatic carbocycles. The van der Waals surface area contributed by atoms with E-state index >= 15 is 0 Å². The minimum absolute atomic E-state index is 0.0844. The summed E-state index contributed by atoms with van der Waals surface area (Å²) in [5.41, 5.74) is 10.1. The van der Waals surface area contributed by atoms with Crippen LogP contribution in [0.1, 0.15) is 47.1 Å². The van der Waals surface area contributed by atoms with E-state index in [1.165, 1.54) is 16.7 Å². The molecule has 1 atom stereocenters. The number of benzene rings is 1. The van der Waals surface area contributed by atoms with E-state index in [0.717, 1.165) is 30.8 Å². The van der Waals surface area contributed by atoms with Gasteiger partial charge in [-0.1, -0.05) is 30.3 Å². The smallest absolute Gasteiger partial charge is 0.106 e. The second kappa shape index (κ2) is 6.07. The van der Waals surface area contributed by atoms with Gasteiger partial charge in [-0.05, 0) is 51.2 Å². The predicted molar refractivity (Wildman–Crippen MR) is 79.2 cm³/mol. The maximum Gasteiger partial charge on any atom is 0.106 e. The van der Waals surface area contributed by atoms with Crippen LogP contribution in [0.5, 0.6) is 0 Å². The van der Waals surface area contributed by atoms with Crippen molar-refractivity contribution in [3.05, 3.63) is 58.5 Å². The van der Waals surface area contributed by atoms with Crippen LogP contribution in [-0.2, 0) is 6.42 Å². The Morgan fingerprint density at radius 1 is 1.05 bits per heavy atom. The molecule has 1 aromatic carbocycles. The van der Waals surface area contributed by atoms with E-state index in [-0.39, 0.29) is 6.04 Å². The van der Waals surface area contributed by atoms with E-state index in [2.05, 4.69) is 37.3 Å². The zero-order valence-corrected chi connectivity index (χ0v) is 12.1. The minimum atomic E-state index is 0.0844. The summed E-state index contributed by atoms with van der Waals surface area (Å²) in [4.78, 5) is 0. The van der Waals surface area contributed by atoms with Gasteiger partial charge in [-0.15, -0.1) is 0 Å².